The third-order valence-corrected chi connectivity index (χ3v) is 3.33. The molecule has 1 nitrogen and oxygen atoms in total. The summed E-state index contributed by atoms with van der Waals surface area (Å²) in [6.45, 7) is 1.94. The largest absolute Gasteiger partial charge is 0.320 e. The summed E-state index contributed by atoms with van der Waals surface area (Å²) in [5.41, 5.74) is 8.96. The SMILES string of the molecule is Cc1ccc(F)cc1C(N)c1ccc(Br)cc1. The van der Waals surface area contributed by atoms with E-state index in [0.717, 1.165) is 21.2 Å². The molecule has 0 bridgehead atoms. The van der Waals surface area contributed by atoms with Crippen LogP contribution in [-0.2, 0) is 0 Å². The third-order valence-electron chi connectivity index (χ3n) is 2.81. The van der Waals surface area contributed by atoms with Crippen molar-refractivity contribution >= 4 is 15.9 Å². The molecule has 2 N–H and O–H groups in total. The highest BCUT2D eigenvalue weighted by Gasteiger charge is 2.12. The molecule has 0 heterocycles. The lowest BCUT2D eigenvalue weighted by Gasteiger charge is -2.15. The van der Waals surface area contributed by atoms with Gasteiger partial charge in [0.1, 0.15) is 5.82 Å². The highest BCUT2D eigenvalue weighted by atomic mass is 79.9. The molecule has 0 aromatic heterocycles. The molecular formula is C14H13BrFN. The first-order chi connectivity index (χ1) is 8.08. The van der Waals surface area contributed by atoms with E-state index >= 15 is 0 Å². The second-order valence-corrected chi connectivity index (χ2v) is 4.95. The number of aryl methyl sites for hydroxylation is 1. The monoisotopic (exact) mass is 293 g/mol. The Hall–Kier alpha value is -1.19. The van der Waals surface area contributed by atoms with Crippen molar-refractivity contribution in [3.63, 3.8) is 0 Å². The third kappa shape index (κ3) is 2.73. The van der Waals surface area contributed by atoms with E-state index in [1.165, 1.54) is 12.1 Å². The summed E-state index contributed by atoms with van der Waals surface area (Å²) in [6.07, 6.45) is 0. The average molecular weight is 294 g/mol. The van der Waals surface area contributed by atoms with Gasteiger partial charge in [0, 0.05) is 4.47 Å². The van der Waals surface area contributed by atoms with Crippen molar-refractivity contribution in [1.29, 1.82) is 0 Å². The fourth-order valence-electron chi connectivity index (χ4n) is 1.80. The average Bonchev–Trinajstić information content (AvgIpc) is 2.32. The molecule has 0 radical (unpaired) electrons. The van der Waals surface area contributed by atoms with Crippen LogP contribution >= 0.6 is 15.9 Å². The lowest BCUT2D eigenvalue weighted by Crippen LogP contribution is -2.13. The number of nitrogens with two attached hydrogens (primary N) is 1. The molecule has 1 atom stereocenters. The molecule has 3 heteroatoms. The zero-order valence-corrected chi connectivity index (χ0v) is 11.0. The van der Waals surface area contributed by atoms with Crippen LogP contribution in [0.1, 0.15) is 22.7 Å². The van der Waals surface area contributed by atoms with E-state index in [1.54, 1.807) is 6.07 Å². The fourth-order valence-corrected chi connectivity index (χ4v) is 2.06. The normalized spacial score (nSPS) is 12.5. The van der Waals surface area contributed by atoms with Crippen LogP contribution in [0.2, 0.25) is 0 Å². The lowest BCUT2D eigenvalue weighted by atomic mass is 9.96. The zero-order chi connectivity index (χ0) is 12.4. The van der Waals surface area contributed by atoms with Gasteiger partial charge in [-0.3, -0.25) is 0 Å². The maximum atomic E-state index is 13.2. The van der Waals surface area contributed by atoms with Gasteiger partial charge in [0.15, 0.2) is 0 Å². The number of hydrogen-bond donors (Lipinski definition) is 1. The molecule has 2 rings (SSSR count). The van der Waals surface area contributed by atoms with E-state index in [2.05, 4.69) is 15.9 Å². The quantitative estimate of drug-likeness (QED) is 0.892. The first-order valence-electron chi connectivity index (χ1n) is 5.35. The maximum Gasteiger partial charge on any atom is 0.123 e. The minimum atomic E-state index is -0.293. The molecule has 1 unspecified atom stereocenters. The van der Waals surface area contributed by atoms with E-state index < -0.39 is 0 Å². The summed E-state index contributed by atoms with van der Waals surface area (Å²) < 4.78 is 14.2. The molecule has 0 aliphatic heterocycles. The molecule has 0 saturated carbocycles. The van der Waals surface area contributed by atoms with Crippen molar-refractivity contribution in [3.8, 4) is 0 Å². The summed E-state index contributed by atoms with van der Waals surface area (Å²) in [5, 5.41) is 0. The Kier molecular flexibility index (Phi) is 3.60. The van der Waals surface area contributed by atoms with Gasteiger partial charge in [-0.2, -0.15) is 0 Å². The van der Waals surface area contributed by atoms with E-state index in [9.17, 15) is 4.39 Å². The minimum Gasteiger partial charge on any atom is -0.320 e. The number of rotatable bonds is 2. The van der Waals surface area contributed by atoms with Crippen LogP contribution in [0.25, 0.3) is 0 Å². The molecule has 88 valence electrons. The topological polar surface area (TPSA) is 26.0 Å². The fraction of sp³-hybridized carbons (Fsp3) is 0.143. The van der Waals surface area contributed by atoms with Crippen LogP contribution in [0, 0.1) is 12.7 Å². The van der Waals surface area contributed by atoms with Crippen LogP contribution in [0.5, 0.6) is 0 Å². The van der Waals surface area contributed by atoms with Crippen molar-refractivity contribution in [1.82, 2.24) is 0 Å². The summed E-state index contributed by atoms with van der Waals surface area (Å²) >= 11 is 3.38. The molecule has 0 aliphatic rings. The van der Waals surface area contributed by atoms with Gasteiger partial charge in [-0.05, 0) is 47.9 Å². The molecule has 0 spiro atoms. The van der Waals surface area contributed by atoms with Gasteiger partial charge in [-0.15, -0.1) is 0 Å². The Morgan fingerprint density at radius 3 is 2.41 bits per heavy atom. The smallest absolute Gasteiger partial charge is 0.123 e. The van der Waals surface area contributed by atoms with Crippen molar-refractivity contribution in [2.75, 3.05) is 0 Å². The van der Waals surface area contributed by atoms with Gasteiger partial charge in [0.05, 0.1) is 6.04 Å². The number of halogens is 2. The number of benzene rings is 2. The standard InChI is InChI=1S/C14H13BrFN/c1-9-2-7-12(16)8-13(9)14(17)10-3-5-11(15)6-4-10/h2-8,14H,17H2,1H3. The van der Waals surface area contributed by atoms with E-state index in [1.807, 2.05) is 31.2 Å². The molecule has 2 aromatic rings. The van der Waals surface area contributed by atoms with Crippen molar-refractivity contribution < 1.29 is 4.39 Å². The Morgan fingerprint density at radius 2 is 1.76 bits per heavy atom. The maximum absolute atomic E-state index is 13.2. The van der Waals surface area contributed by atoms with Gasteiger partial charge >= 0.3 is 0 Å². The summed E-state index contributed by atoms with van der Waals surface area (Å²) in [4.78, 5) is 0. The van der Waals surface area contributed by atoms with E-state index in [0.29, 0.717) is 0 Å². The van der Waals surface area contributed by atoms with E-state index in [-0.39, 0.29) is 11.9 Å². The van der Waals surface area contributed by atoms with Crippen molar-refractivity contribution in [3.05, 3.63) is 69.4 Å². The Balaban J connectivity index is 2.39. The summed E-state index contributed by atoms with van der Waals surface area (Å²) in [6, 6.07) is 12.2. The van der Waals surface area contributed by atoms with Gasteiger partial charge < -0.3 is 5.73 Å². The zero-order valence-electron chi connectivity index (χ0n) is 9.45. The molecule has 0 amide bonds. The van der Waals surface area contributed by atoms with Gasteiger partial charge in [0.25, 0.3) is 0 Å². The first-order valence-corrected chi connectivity index (χ1v) is 6.14. The Morgan fingerprint density at radius 1 is 1.12 bits per heavy atom. The van der Waals surface area contributed by atoms with Gasteiger partial charge in [-0.25, -0.2) is 4.39 Å². The molecule has 0 fully saturated rings. The summed E-state index contributed by atoms with van der Waals surface area (Å²) in [5.74, 6) is -0.252. The highest BCUT2D eigenvalue weighted by Crippen LogP contribution is 2.24. The number of hydrogen-bond acceptors (Lipinski definition) is 1. The van der Waals surface area contributed by atoms with Crippen molar-refractivity contribution in [2.24, 2.45) is 5.73 Å². The van der Waals surface area contributed by atoms with Crippen LogP contribution in [0.15, 0.2) is 46.9 Å². The molecule has 0 saturated heterocycles. The molecule has 2 aromatic carbocycles. The van der Waals surface area contributed by atoms with Crippen LogP contribution in [-0.4, -0.2) is 0 Å². The second kappa shape index (κ2) is 4.98. The second-order valence-electron chi connectivity index (χ2n) is 4.03. The minimum absolute atomic E-state index is 0.252. The van der Waals surface area contributed by atoms with Gasteiger partial charge in [0.2, 0.25) is 0 Å². The Bertz CT molecular complexity index is 522. The molecular weight excluding hydrogens is 281 g/mol. The van der Waals surface area contributed by atoms with E-state index in [4.69, 9.17) is 5.73 Å². The highest BCUT2D eigenvalue weighted by molar-refractivity contribution is 9.10. The predicted molar refractivity (Wildman–Crippen MR) is 71.3 cm³/mol. The van der Waals surface area contributed by atoms with Crippen molar-refractivity contribution in [2.45, 2.75) is 13.0 Å². The first kappa shape index (κ1) is 12.3. The van der Waals surface area contributed by atoms with Gasteiger partial charge in [-0.1, -0.05) is 34.1 Å². The van der Waals surface area contributed by atoms with Crippen LogP contribution in [0.4, 0.5) is 4.39 Å². The molecule has 0 aliphatic carbocycles. The molecule has 17 heavy (non-hydrogen) atoms. The van der Waals surface area contributed by atoms with Crippen LogP contribution < -0.4 is 5.73 Å². The van der Waals surface area contributed by atoms with Crippen LogP contribution in [0.3, 0.4) is 0 Å². The predicted octanol–water partition coefficient (Wildman–Crippen LogP) is 3.94. The Labute approximate surface area is 109 Å². The summed E-state index contributed by atoms with van der Waals surface area (Å²) in [7, 11) is 0. The lowest BCUT2D eigenvalue weighted by molar-refractivity contribution is 0.622.